The first-order chi connectivity index (χ1) is 8.06. The van der Waals surface area contributed by atoms with Crippen molar-refractivity contribution in [2.75, 3.05) is 6.61 Å². The summed E-state index contributed by atoms with van der Waals surface area (Å²) in [6, 6.07) is 5.85. The number of halogens is 1. The number of aryl methyl sites for hydroxylation is 1. The van der Waals surface area contributed by atoms with Gasteiger partial charge in [0.15, 0.2) is 6.61 Å². The summed E-state index contributed by atoms with van der Waals surface area (Å²) in [5, 5.41) is 0.525. The molecule has 1 heterocycles. The van der Waals surface area contributed by atoms with Crippen molar-refractivity contribution in [1.29, 1.82) is 0 Å². The van der Waals surface area contributed by atoms with Gasteiger partial charge in [0, 0.05) is 17.1 Å². The van der Waals surface area contributed by atoms with Gasteiger partial charge in [0.2, 0.25) is 0 Å². The average Bonchev–Trinajstić information content (AvgIpc) is 2.26. The molecule has 4 nitrogen and oxygen atoms in total. The van der Waals surface area contributed by atoms with E-state index in [0.29, 0.717) is 16.7 Å². The molecule has 0 fully saturated rings. The fraction of sp³-hybridized carbons (Fsp3) is 0.167. The molecule has 0 atom stereocenters. The number of nitrogens with zero attached hydrogens (tertiary/aromatic N) is 1. The van der Waals surface area contributed by atoms with Crippen molar-refractivity contribution in [2.24, 2.45) is 5.73 Å². The number of nitrogens with two attached hydrogens (primary N) is 1. The maximum absolute atomic E-state index is 13.1. The number of aromatic nitrogens is 1. The molecule has 0 saturated carbocycles. The maximum atomic E-state index is 13.1. The summed E-state index contributed by atoms with van der Waals surface area (Å²) in [5.41, 5.74) is 6.34. The van der Waals surface area contributed by atoms with Crippen LogP contribution in [-0.2, 0) is 4.79 Å². The molecule has 2 rings (SSSR count). The van der Waals surface area contributed by atoms with E-state index in [0.717, 1.165) is 5.69 Å². The van der Waals surface area contributed by atoms with Crippen molar-refractivity contribution < 1.29 is 13.9 Å². The molecular weight excluding hydrogens is 223 g/mol. The molecule has 2 N–H and O–H groups in total. The summed E-state index contributed by atoms with van der Waals surface area (Å²) in [7, 11) is 0. The van der Waals surface area contributed by atoms with Crippen LogP contribution in [0.1, 0.15) is 5.69 Å². The maximum Gasteiger partial charge on any atom is 0.255 e. The van der Waals surface area contributed by atoms with Gasteiger partial charge in [0.05, 0.1) is 5.52 Å². The molecule has 0 radical (unpaired) electrons. The number of hydrogen-bond donors (Lipinski definition) is 1. The summed E-state index contributed by atoms with van der Waals surface area (Å²) in [4.78, 5) is 14.9. The Morgan fingerprint density at radius 1 is 1.47 bits per heavy atom. The number of primary amides is 1. The molecular formula is C12H11FN2O2. The fourth-order valence-corrected chi connectivity index (χ4v) is 1.56. The fourth-order valence-electron chi connectivity index (χ4n) is 1.56. The molecule has 0 unspecified atom stereocenters. The molecule has 0 bridgehead atoms. The van der Waals surface area contributed by atoms with E-state index in [1.165, 1.54) is 12.1 Å². The molecule has 1 aromatic carbocycles. The van der Waals surface area contributed by atoms with Crippen LogP contribution in [0.2, 0.25) is 0 Å². The molecule has 0 spiro atoms. The van der Waals surface area contributed by atoms with Crippen molar-refractivity contribution >= 4 is 16.8 Å². The van der Waals surface area contributed by atoms with E-state index in [1.807, 2.05) is 0 Å². The number of hydrogen-bond acceptors (Lipinski definition) is 3. The third kappa shape index (κ3) is 2.50. The number of rotatable bonds is 3. The van der Waals surface area contributed by atoms with Crippen LogP contribution in [0.3, 0.4) is 0 Å². The highest BCUT2D eigenvalue weighted by atomic mass is 19.1. The number of ether oxygens (including phenoxy) is 1. The first kappa shape index (κ1) is 11.3. The zero-order chi connectivity index (χ0) is 12.4. The molecule has 1 aromatic heterocycles. The van der Waals surface area contributed by atoms with Gasteiger partial charge in [0.1, 0.15) is 11.6 Å². The summed E-state index contributed by atoms with van der Waals surface area (Å²) >= 11 is 0. The van der Waals surface area contributed by atoms with Crippen molar-refractivity contribution in [1.82, 2.24) is 4.98 Å². The topological polar surface area (TPSA) is 65.2 Å². The van der Waals surface area contributed by atoms with E-state index in [4.69, 9.17) is 10.5 Å². The van der Waals surface area contributed by atoms with Crippen LogP contribution in [0, 0.1) is 12.7 Å². The predicted octanol–water partition coefficient (Wildman–Crippen LogP) is 1.55. The molecule has 2 aromatic rings. The van der Waals surface area contributed by atoms with E-state index < -0.39 is 5.91 Å². The third-order valence-electron chi connectivity index (χ3n) is 2.23. The second-order valence-corrected chi connectivity index (χ2v) is 3.68. The van der Waals surface area contributed by atoms with Gasteiger partial charge in [-0.25, -0.2) is 4.39 Å². The molecule has 5 heteroatoms. The van der Waals surface area contributed by atoms with Gasteiger partial charge >= 0.3 is 0 Å². The normalized spacial score (nSPS) is 10.5. The zero-order valence-electron chi connectivity index (χ0n) is 9.24. The van der Waals surface area contributed by atoms with Gasteiger partial charge in [-0.1, -0.05) is 0 Å². The number of amides is 1. The Bertz CT molecular complexity index is 584. The lowest BCUT2D eigenvalue weighted by Gasteiger charge is -2.08. The molecule has 0 saturated heterocycles. The minimum Gasteiger partial charge on any atom is -0.483 e. The Balaban J connectivity index is 2.51. The van der Waals surface area contributed by atoms with Gasteiger partial charge < -0.3 is 10.5 Å². The average molecular weight is 234 g/mol. The SMILES string of the molecule is Cc1cc(OCC(N)=O)c2cc(F)ccc2n1. The van der Waals surface area contributed by atoms with Crippen molar-refractivity contribution in [3.8, 4) is 5.75 Å². The standard InChI is InChI=1S/C12H11FN2O2/c1-7-4-11(17-6-12(14)16)9-5-8(13)2-3-10(9)15-7/h2-5H,6H2,1H3,(H2,14,16). The Kier molecular flexibility index (Phi) is 2.91. The van der Waals surface area contributed by atoms with E-state index in [-0.39, 0.29) is 12.4 Å². The highest BCUT2D eigenvalue weighted by molar-refractivity contribution is 5.86. The number of carbonyl (C=O) groups excluding carboxylic acids is 1. The molecule has 0 aliphatic carbocycles. The number of carbonyl (C=O) groups is 1. The zero-order valence-corrected chi connectivity index (χ0v) is 9.24. The monoisotopic (exact) mass is 234 g/mol. The van der Waals surface area contributed by atoms with Gasteiger partial charge in [-0.15, -0.1) is 0 Å². The first-order valence-corrected chi connectivity index (χ1v) is 5.04. The van der Waals surface area contributed by atoms with Gasteiger partial charge in [0.25, 0.3) is 5.91 Å². The van der Waals surface area contributed by atoms with E-state index in [2.05, 4.69) is 4.98 Å². The first-order valence-electron chi connectivity index (χ1n) is 5.04. The molecule has 0 aliphatic heterocycles. The number of benzene rings is 1. The highest BCUT2D eigenvalue weighted by Crippen LogP contribution is 2.26. The molecule has 1 amide bonds. The van der Waals surface area contributed by atoms with E-state index in [1.54, 1.807) is 19.1 Å². The van der Waals surface area contributed by atoms with Gasteiger partial charge in [-0.05, 0) is 25.1 Å². The van der Waals surface area contributed by atoms with Crippen LogP contribution in [-0.4, -0.2) is 17.5 Å². The van der Waals surface area contributed by atoms with Crippen LogP contribution < -0.4 is 10.5 Å². The number of fused-ring (bicyclic) bond motifs is 1. The second-order valence-electron chi connectivity index (χ2n) is 3.68. The lowest BCUT2D eigenvalue weighted by atomic mass is 10.2. The summed E-state index contributed by atoms with van der Waals surface area (Å²) in [5.74, 6) is -0.554. The van der Waals surface area contributed by atoms with Gasteiger partial charge in [-0.3, -0.25) is 9.78 Å². The quantitative estimate of drug-likeness (QED) is 0.876. The smallest absolute Gasteiger partial charge is 0.255 e. The Morgan fingerprint density at radius 3 is 2.94 bits per heavy atom. The Labute approximate surface area is 97.2 Å². The van der Waals surface area contributed by atoms with Crippen LogP contribution in [0.15, 0.2) is 24.3 Å². The largest absolute Gasteiger partial charge is 0.483 e. The predicted molar refractivity (Wildman–Crippen MR) is 61.1 cm³/mol. The van der Waals surface area contributed by atoms with E-state index >= 15 is 0 Å². The lowest BCUT2D eigenvalue weighted by molar-refractivity contribution is -0.119. The summed E-state index contributed by atoms with van der Waals surface area (Å²) in [6.45, 7) is 1.55. The number of pyridine rings is 1. The van der Waals surface area contributed by atoms with Crippen molar-refractivity contribution in [3.63, 3.8) is 0 Å². The Morgan fingerprint density at radius 2 is 2.24 bits per heavy atom. The molecule has 17 heavy (non-hydrogen) atoms. The summed E-state index contributed by atoms with van der Waals surface area (Å²) in [6.07, 6.45) is 0. The summed E-state index contributed by atoms with van der Waals surface area (Å²) < 4.78 is 18.4. The Hall–Kier alpha value is -2.17. The van der Waals surface area contributed by atoms with E-state index in [9.17, 15) is 9.18 Å². The minimum atomic E-state index is -0.580. The van der Waals surface area contributed by atoms with Crippen LogP contribution in [0.5, 0.6) is 5.75 Å². The van der Waals surface area contributed by atoms with Crippen molar-refractivity contribution in [2.45, 2.75) is 6.92 Å². The van der Waals surface area contributed by atoms with Crippen LogP contribution in [0.4, 0.5) is 4.39 Å². The lowest BCUT2D eigenvalue weighted by Crippen LogP contribution is -2.20. The van der Waals surface area contributed by atoms with Crippen LogP contribution in [0.25, 0.3) is 10.9 Å². The molecule has 0 aliphatic rings. The van der Waals surface area contributed by atoms with Crippen LogP contribution >= 0.6 is 0 Å². The third-order valence-corrected chi connectivity index (χ3v) is 2.23. The minimum absolute atomic E-state index is 0.241. The molecule has 88 valence electrons. The van der Waals surface area contributed by atoms with Gasteiger partial charge in [-0.2, -0.15) is 0 Å². The second kappa shape index (κ2) is 4.37. The van der Waals surface area contributed by atoms with Crippen molar-refractivity contribution in [3.05, 3.63) is 35.8 Å². The highest BCUT2D eigenvalue weighted by Gasteiger charge is 2.07.